The van der Waals surface area contributed by atoms with E-state index in [9.17, 15) is 15.0 Å². The zero-order valence-corrected chi connectivity index (χ0v) is 12.8. The molecule has 5 heteroatoms. The summed E-state index contributed by atoms with van der Waals surface area (Å²) in [6.45, 7) is 0.241. The van der Waals surface area contributed by atoms with Gasteiger partial charge in [0.15, 0.2) is 0 Å². The lowest BCUT2D eigenvalue weighted by Crippen LogP contribution is -2.45. The van der Waals surface area contributed by atoms with Crippen molar-refractivity contribution in [2.24, 2.45) is 5.92 Å². The molecule has 0 radical (unpaired) electrons. The second-order valence-electron chi connectivity index (χ2n) is 5.95. The Labute approximate surface area is 131 Å². The van der Waals surface area contributed by atoms with Crippen LogP contribution in [0, 0.1) is 5.92 Å². The fraction of sp³-hybridized carbons (Fsp3) is 0.588. The van der Waals surface area contributed by atoms with Gasteiger partial charge in [0, 0.05) is 0 Å². The van der Waals surface area contributed by atoms with Crippen molar-refractivity contribution < 1.29 is 19.7 Å². The smallest absolute Gasteiger partial charge is 0.320 e. The predicted molar refractivity (Wildman–Crippen MR) is 83.0 cm³/mol. The van der Waals surface area contributed by atoms with Gasteiger partial charge in [-0.05, 0) is 17.9 Å². The van der Waals surface area contributed by atoms with Crippen molar-refractivity contribution in [2.75, 3.05) is 0 Å². The quantitative estimate of drug-likeness (QED) is 0.643. The van der Waals surface area contributed by atoms with Crippen LogP contribution >= 0.6 is 0 Å². The Balaban J connectivity index is 1.78. The number of hydrogen-bond acceptors (Lipinski definition) is 4. The van der Waals surface area contributed by atoms with Crippen LogP contribution in [0.15, 0.2) is 30.3 Å². The van der Waals surface area contributed by atoms with E-state index in [1.807, 2.05) is 30.3 Å². The van der Waals surface area contributed by atoms with Crippen LogP contribution in [-0.4, -0.2) is 28.6 Å². The first kappa shape index (κ1) is 16.9. The Morgan fingerprint density at radius 1 is 1.23 bits per heavy atom. The molecule has 0 amide bonds. The molecule has 1 saturated carbocycles. The average molecular weight is 307 g/mol. The molecule has 0 aliphatic heterocycles. The van der Waals surface area contributed by atoms with Crippen molar-refractivity contribution in [1.82, 2.24) is 5.32 Å². The average Bonchev–Trinajstić information content (AvgIpc) is 2.54. The number of carboxylic acid groups (broad SMARTS) is 1. The number of aliphatic carboxylic acids is 1. The highest BCUT2D eigenvalue weighted by Crippen LogP contribution is 2.27. The SMILES string of the molecule is O=C(O)[C@H](CC1CCCCC1)NC(O)OCc1ccccc1. The van der Waals surface area contributed by atoms with Crippen molar-refractivity contribution in [1.29, 1.82) is 0 Å². The zero-order chi connectivity index (χ0) is 15.8. The number of benzene rings is 1. The number of hydrogen-bond donors (Lipinski definition) is 3. The van der Waals surface area contributed by atoms with E-state index in [0.717, 1.165) is 18.4 Å². The van der Waals surface area contributed by atoms with Gasteiger partial charge in [-0.25, -0.2) is 0 Å². The van der Waals surface area contributed by atoms with Crippen LogP contribution in [0.5, 0.6) is 0 Å². The van der Waals surface area contributed by atoms with E-state index in [2.05, 4.69) is 5.32 Å². The largest absolute Gasteiger partial charge is 0.480 e. The van der Waals surface area contributed by atoms with Crippen LogP contribution in [0.4, 0.5) is 0 Å². The standard InChI is InChI=1S/C17H25NO4/c19-16(20)15(11-13-7-3-1-4-8-13)18-17(21)22-12-14-9-5-2-6-10-14/h2,5-6,9-10,13,15,17-18,21H,1,3-4,7-8,11-12H2,(H,19,20)/t15-,17?/m0/s1. The zero-order valence-electron chi connectivity index (χ0n) is 12.8. The topological polar surface area (TPSA) is 78.8 Å². The van der Waals surface area contributed by atoms with Gasteiger partial charge in [0.1, 0.15) is 6.04 Å². The second kappa shape index (κ2) is 8.88. The number of carbonyl (C=O) groups is 1. The molecular formula is C17H25NO4. The second-order valence-corrected chi connectivity index (χ2v) is 5.95. The normalized spacial score (nSPS) is 18.8. The fourth-order valence-electron chi connectivity index (χ4n) is 2.97. The number of carboxylic acids is 1. The van der Waals surface area contributed by atoms with Crippen molar-refractivity contribution in [3.05, 3.63) is 35.9 Å². The van der Waals surface area contributed by atoms with E-state index in [1.54, 1.807) is 0 Å². The lowest BCUT2D eigenvalue weighted by atomic mass is 9.85. The molecule has 3 N–H and O–H groups in total. The molecule has 0 heterocycles. The van der Waals surface area contributed by atoms with Crippen LogP contribution in [0.1, 0.15) is 44.1 Å². The molecule has 22 heavy (non-hydrogen) atoms. The van der Waals surface area contributed by atoms with Gasteiger partial charge in [-0.2, -0.15) is 0 Å². The number of aliphatic hydroxyl groups excluding tert-OH is 1. The van der Waals surface area contributed by atoms with Crippen molar-refractivity contribution >= 4 is 5.97 Å². The van der Waals surface area contributed by atoms with Gasteiger partial charge < -0.3 is 14.9 Å². The van der Waals surface area contributed by atoms with Crippen LogP contribution < -0.4 is 5.32 Å². The van der Waals surface area contributed by atoms with E-state index in [1.165, 1.54) is 19.3 Å². The minimum atomic E-state index is -1.27. The number of aliphatic hydroxyl groups is 1. The van der Waals surface area contributed by atoms with Gasteiger partial charge in [0.25, 0.3) is 0 Å². The van der Waals surface area contributed by atoms with Gasteiger partial charge in [-0.1, -0.05) is 62.4 Å². The molecule has 1 aromatic rings. The van der Waals surface area contributed by atoms with Gasteiger partial charge in [-0.15, -0.1) is 0 Å². The van der Waals surface area contributed by atoms with Gasteiger partial charge in [-0.3, -0.25) is 10.1 Å². The third-order valence-electron chi connectivity index (χ3n) is 4.19. The molecule has 2 rings (SSSR count). The lowest BCUT2D eigenvalue weighted by molar-refractivity contribution is -0.155. The molecule has 0 saturated heterocycles. The molecule has 122 valence electrons. The summed E-state index contributed by atoms with van der Waals surface area (Å²) in [6, 6.07) is 8.70. The highest BCUT2D eigenvalue weighted by Gasteiger charge is 2.25. The van der Waals surface area contributed by atoms with Crippen LogP contribution in [0.3, 0.4) is 0 Å². The van der Waals surface area contributed by atoms with Crippen molar-refractivity contribution in [3.8, 4) is 0 Å². The first-order valence-corrected chi connectivity index (χ1v) is 7.97. The molecule has 1 aliphatic rings. The van der Waals surface area contributed by atoms with E-state index in [-0.39, 0.29) is 6.61 Å². The molecule has 0 bridgehead atoms. The van der Waals surface area contributed by atoms with Crippen molar-refractivity contribution in [3.63, 3.8) is 0 Å². The van der Waals surface area contributed by atoms with E-state index < -0.39 is 18.4 Å². The summed E-state index contributed by atoms with van der Waals surface area (Å²) in [5.41, 5.74) is 0.933. The Morgan fingerprint density at radius 3 is 2.55 bits per heavy atom. The van der Waals surface area contributed by atoms with E-state index in [0.29, 0.717) is 12.3 Å². The predicted octanol–water partition coefficient (Wildman–Crippen LogP) is 2.49. The third-order valence-corrected chi connectivity index (χ3v) is 4.19. The molecule has 0 aromatic heterocycles. The number of rotatable bonds is 8. The maximum absolute atomic E-state index is 11.4. The molecule has 0 spiro atoms. The van der Waals surface area contributed by atoms with Crippen LogP contribution in [-0.2, 0) is 16.1 Å². The first-order chi connectivity index (χ1) is 10.6. The molecule has 1 aliphatic carbocycles. The maximum Gasteiger partial charge on any atom is 0.320 e. The summed E-state index contributed by atoms with van der Waals surface area (Å²) in [5, 5.41) is 21.8. The van der Waals surface area contributed by atoms with Crippen molar-refractivity contribution in [2.45, 2.75) is 57.6 Å². The summed E-state index contributed by atoms with van der Waals surface area (Å²) in [7, 11) is 0. The monoisotopic (exact) mass is 307 g/mol. The maximum atomic E-state index is 11.4. The number of ether oxygens (including phenoxy) is 1. The summed E-state index contributed by atoms with van der Waals surface area (Å²) in [6.07, 6.45) is 5.00. The number of nitrogens with one attached hydrogen (secondary N) is 1. The Morgan fingerprint density at radius 2 is 1.91 bits per heavy atom. The molecule has 1 fully saturated rings. The Kier molecular flexibility index (Phi) is 6.83. The Hall–Kier alpha value is -1.43. The highest BCUT2D eigenvalue weighted by atomic mass is 16.6. The molecule has 1 unspecified atom stereocenters. The molecular weight excluding hydrogens is 282 g/mol. The molecule has 1 aromatic carbocycles. The summed E-state index contributed by atoms with van der Waals surface area (Å²) >= 11 is 0. The Bertz CT molecular complexity index is 445. The fourth-order valence-corrected chi connectivity index (χ4v) is 2.97. The minimum absolute atomic E-state index is 0.241. The summed E-state index contributed by atoms with van der Waals surface area (Å²) in [5.74, 6) is -0.517. The lowest BCUT2D eigenvalue weighted by Gasteiger charge is -2.26. The van der Waals surface area contributed by atoms with Gasteiger partial charge >= 0.3 is 5.97 Å². The molecule has 2 atom stereocenters. The summed E-state index contributed by atoms with van der Waals surface area (Å²) < 4.78 is 5.28. The highest BCUT2D eigenvalue weighted by molar-refractivity contribution is 5.73. The van der Waals surface area contributed by atoms with Crippen LogP contribution in [0.25, 0.3) is 0 Å². The molecule has 5 nitrogen and oxygen atoms in total. The van der Waals surface area contributed by atoms with Gasteiger partial charge in [0.05, 0.1) is 6.61 Å². The van der Waals surface area contributed by atoms with E-state index >= 15 is 0 Å². The minimum Gasteiger partial charge on any atom is -0.480 e. The third kappa shape index (κ3) is 5.75. The van der Waals surface area contributed by atoms with Crippen LogP contribution in [0.2, 0.25) is 0 Å². The first-order valence-electron chi connectivity index (χ1n) is 7.97. The summed E-state index contributed by atoms with van der Waals surface area (Å²) in [4.78, 5) is 11.4. The van der Waals surface area contributed by atoms with E-state index in [4.69, 9.17) is 4.74 Å². The van der Waals surface area contributed by atoms with Gasteiger partial charge in [0.2, 0.25) is 6.41 Å².